The lowest BCUT2D eigenvalue weighted by molar-refractivity contribution is -0.141. The van der Waals surface area contributed by atoms with Crippen molar-refractivity contribution in [3.05, 3.63) is 95.6 Å². The van der Waals surface area contributed by atoms with Crippen molar-refractivity contribution >= 4 is 11.0 Å². The Morgan fingerprint density at radius 3 is 2.43 bits per heavy atom. The lowest BCUT2D eigenvalue weighted by Crippen LogP contribution is -2.42. The van der Waals surface area contributed by atoms with Gasteiger partial charge in [0.15, 0.2) is 0 Å². The largest absolute Gasteiger partial charge is 0.382 e. The Hall–Kier alpha value is -3.46. The minimum absolute atomic E-state index is 0.334. The molecule has 3 aromatic carbocycles. The Bertz CT molecular complexity index is 1190. The van der Waals surface area contributed by atoms with Crippen LogP contribution in [0.5, 0.6) is 0 Å². The summed E-state index contributed by atoms with van der Waals surface area (Å²) in [6, 6.07) is 24.9. The highest BCUT2D eigenvalue weighted by molar-refractivity contribution is 5.74. The van der Waals surface area contributed by atoms with E-state index in [0.29, 0.717) is 17.7 Å². The highest BCUT2D eigenvalue weighted by Gasteiger charge is 2.43. The molecule has 0 aliphatic heterocycles. The third-order valence-electron chi connectivity index (χ3n) is 4.95. The van der Waals surface area contributed by atoms with Crippen LogP contribution in [0.2, 0.25) is 0 Å². The number of aryl methyl sites for hydroxylation is 1. The highest BCUT2D eigenvalue weighted by Crippen LogP contribution is 2.35. The van der Waals surface area contributed by atoms with Crippen LogP contribution in [0.25, 0.3) is 11.0 Å². The second-order valence-corrected chi connectivity index (χ2v) is 7.05. The maximum Gasteiger partial charge on any atom is 0.257 e. The van der Waals surface area contributed by atoms with Gasteiger partial charge in [-0.2, -0.15) is 4.68 Å². The van der Waals surface area contributed by atoms with Gasteiger partial charge in [-0.3, -0.25) is 0 Å². The SMILES string of the molecule is CCOC(C#Cc1ccccc1)(C(O)c1ccc(C)cc1)n1nnc2ccccc21. The average Bonchev–Trinajstić information content (AvgIpc) is 3.22. The van der Waals surface area contributed by atoms with Crippen LogP contribution in [0.1, 0.15) is 29.7 Å². The summed E-state index contributed by atoms with van der Waals surface area (Å²) in [7, 11) is 0. The van der Waals surface area contributed by atoms with E-state index in [2.05, 4.69) is 22.2 Å². The number of aliphatic hydroxyl groups is 1. The molecule has 2 atom stereocenters. The van der Waals surface area contributed by atoms with Gasteiger partial charge in [0.05, 0.1) is 5.52 Å². The fraction of sp³-hybridized carbons (Fsp3) is 0.200. The molecule has 4 rings (SSSR count). The van der Waals surface area contributed by atoms with Crippen LogP contribution in [-0.4, -0.2) is 26.7 Å². The zero-order valence-corrected chi connectivity index (χ0v) is 17.0. The molecule has 4 aromatic rings. The molecule has 5 heteroatoms. The van der Waals surface area contributed by atoms with Crippen LogP contribution in [0.15, 0.2) is 78.9 Å². The van der Waals surface area contributed by atoms with Crippen molar-refractivity contribution in [3.63, 3.8) is 0 Å². The first kappa shape index (κ1) is 19.8. The van der Waals surface area contributed by atoms with Crippen molar-refractivity contribution in [3.8, 4) is 11.8 Å². The number of ether oxygens (including phenoxy) is 1. The third-order valence-corrected chi connectivity index (χ3v) is 4.95. The first-order valence-electron chi connectivity index (χ1n) is 9.92. The zero-order valence-electron chi connectivity index (χ0n) is 17.0. The molecule has 1 N–H and O–H groups in total. The summed E-state index contributed by atoms with van der Waals surface area (Å²) < 4.78 is 7.78. The molecule has 0 aliphatic rings. The molecule has 0 spiro atoms. The maximum atomic E-state index is 11.5. The van der Waals surface area contributed by atoms with Gasteiger partial charge in [-0.1, -0.05) is 71.3 Å². The molecule has 0 saturated heterocycles. The summed E-state index contributed by atoms with van der Waals surface area (Å²) in [6.45, 7) is 4.21. The number of para-hydroxylation sites is 1. The molecule has 2 unspecified atom stereocenters. The second-order valence-electron chi connectivity index (χ2n) is 7.05. The number of benzene rings is 3. The van der Waals surface area contributed by atoms with Gasteiger partial charge >= 0.3 is 0 Å². The molecule has 5 nitrogen and oxygen atoms in total. The molecule has 150 valence electrons. The van der Waals surface area contributed by atoms with Crippen molar-refractivity contribution in [2.24, 2.45) is 0 Å². The minimum Gasteiger partial charge on any atom is -0.382 e. The van der Waals surface area contributed by atoms with E-state index < -0.39 is 11.8 Å². The monoisotopic (exact) mass is 397 g/mol. The number of nitrogens with zero attached hydrogens (tertiary/aromatic N) is 3. The molecular formula is C25H23N3O2. The summed E-state index contributed by atoms with van der Waals surface area (Å²) in [4.78, 5) is 0. The molecule has 0 radical (unpaired) electrons. The number of aromatic nitrogens is 3. The van der Waals surface area contributed by atoms with Crippen LogP contribution in [0.3, 0.4) is 0 Å². The van der Waals surface area contributed by atoms with Crippen LogP contribution in [-0.2, 0) is 10.5 Å². The number of hydrogen-bond donors (Lipinski definition) is 1. The summed E-state index contributed by atoms with van der Waals surface area (Å²) in [6.07, 6.45) is -1.08. The van der Waals surface area contributed by atoms with Crippen LogP contribution < -0.4 is 0 Å². The summed E-state index contributed by atoms with van der Waals surface area (Å²) in [5.41, 5.74) is 2.61. The van der Waals surface area contributed by atoms with Crippen molar-refractivity contribution in [2.75, 3.05) is 6.61 Å². The van der Waals surface area contributed by atoms with E-state index >= 15 is 0 Å². The van der Waals surface area contributed by atoms with Gasteiger partial charge in [-0.25, -0.2) is 0 Å². The number of aliphatic hydroxyl groups excluding tert-OH is 1. The van der Waals surface area contributed by atoms with Gasteiger partial charge in [0, 0.05) is 12.2 Å². The Morgan fingerprint density at radius 2 is 1.70 bits per heavy atom. The quantitative estimate of drug-likeness (QED) is 0.513. The first-order chi connectivity index (χ1) is 14.6. The summed E-state index contributed by atoms with van der Waals surface area (Å²) >= 11 is 0. The van der Waals surface area contributed by atoms with E-state index in [-0.39, 0.29) is 0 Å². The highest BCUT2D eigenvalue weighted by atomic mass is 16.5. The van der Waals surface area contributed by atoms with Crippen molar-refractivity contribution < 1.29 is 9.84 Å². The zero-order chi connectivity index (χ0) is 21.0. The predicted molar refractivity (Wildman–Crippen MR) is 117 cm³/mol. The molecule has 0 saturated carbocycles. The van der Waals surface area contributed by atoms with Gasteiger partial charge in [0.1, 0.15) is 11.6 Å². The lowest BCUT2D eigenvalue weighted by Gasteiger charge is -2.33. The van der Waals surface area contributed by atoms with Crippen LogP contribution in [0.4, 0.5) is 0 Å². The number of fused-ring (bicyclic) bond motifs is 1. The normalized spacial score (nSPS) is 14.0. The molecule has 0 amide bonds. The van der Waals surface area contributed by atoms with Crippen molar-refractivity contribution in [2.45, 2.75) is 25.7 Å². The van der Waals surface area contributed by atoms with Gasteiger partial charge in [0.2, 0.25) is 0 Å². The Balaban J connectivity index is 1.94. The Morgan fingerprint density at radius 1 is 1.00 bits per heavy atom. The Kier molecular flexibility index (Phi) is 5.62. The van der Waals surface area contributed by atoms with Crippen molar-refractivity contribution in [1.82, 2.24) is 15.0 Å². The summed E-state index contributed by atoms with van der Waals surface area (Å²) in [5, 5.41) is 20.2. The molecule has 0 fully saturated rings. The van der Waals surface area contributed by atoms with E-state index in [0.717, 1.165) is 16.6 Å². The fourth-order valence-electron chi connectivity index (χ4n) is 3.41. The smallest absolute Gasteiger partial charge is 0.257 e. The second kappa shape index (κ2) is 8.50. The van der Waals surface area contributed by atoms with Crippen LogP contribution >= 0.6 is 0 Å². The van der Waals surface area contributed by atoms with Gasteiger partial charge < -0.3 is 9.84 Å². The van der Waals surface area contributed by atoms with Gasteiger partial charge in [-0.05, 0) is 49.6 Å². The first-order valence-corrected chi connectivity index (χ1v) is 9.92. The minimum atomic E-state index is -1.45. The van der Waals surface area contributed by atoms with Gasteiger partial charge in [0.25, 0.3) is 5.72 Å². The topological polar surface area (TPSA) is 60.2 Å². The fourth-order valence-corrected chi connectivity index (χ4v) is 3.41. The standard InChI is InChI=1S/C25H23N3O2/c1-3-30-25(18-17-20-9-5-4-6-10-20,24(29)21-15-13-19(2)14-16-21)28-23-12-8-7-11-22(23)26-27-28/h4-16,24,29H,3H2,1-2H3. The molecule has 0 bridgehead atoms. The van der Waals surface area contributed by atoms with Gasteiger partial charge in [-0.15, -0.1) is 5.10 Å². The molecule has 1 aromatic heterocycles. The summed E-state index contributed by atoms with van der Waals surface area (Å²) in [5.74, 6) is 6.36. The van der Waals surface area contributed by atoms with E-state index in [9.17, 15) is 5.11 Å². The van der Waals surface area contributed by atoms with E-state index in [1.165, 1.54) is 0 Å². The molecule has 1 heterocycles. The average molecular weight is 397 g/mol. The maximum absolute atomic E-state index is 11.5. The number of hydrogen-bond acceptors (Lipinski definition) is 4. The molecular weight excluding hydrogens is 374 g/mol. The predicted octanol–water partition coefficient (Wildman–Crippen LogP) is 4.21. The third kappa shape index (κ3) is 3.71. The Labute approximate surface area is 175 Å². The van der Waals surface area contributed by atoms with E-state index in [1.54, 1.807) is 4.68 Å². The lowest BCUT2D eigenvalue weighted by atomic mass is 9.97. The molecule has 0 aliphatic carbocycles. The number of rotatable bonds is 5. The van der Waals surface area contributed by atoms with Crippen LogP contribution in [0, 0.1) is 18.8 Å². The van der Waals surface area contributed by atoms with Crippen molar-refractivity contribution in [1.29, 1.82) is 0 Å². The van der Waals surface area contributed by atoms with E-state index in [4.69, 9.17) is 4.74 Å². The molecule has 30 heavy (non-hydrogen) atoms. The van der Waals surface area contributed by atoms with E-state index in [1.807, 2.05) is 92.7 Å².